The first kappa shape index (κ1) is 49.2. The van der Waals surface area contributed by atoms with Gasteiger partial charge < -0.3 is 18.3 Å². The molecule has 0 aliphatic rings. The number of para-hydroxylation sites is 6. The topological polar surface area (TPSA) is 43.5 Å². The minimum Gasteiger partial charge on any atom is -0.306 e. The van der Waals surface area contributed by atoms with Gasteiger partial charge in [0.1, 0.15) is 11.6 Å². The van der Waals surface area contributed by atoms with Crippen LogP contribution in [0.25, 0.3) is 161 Å². The van der Waals surface area contributed by atoms with E-state index < -0.39 is 0 Å². The normalized spacial score (nSPS) is 12.4. The number of nitrogens with zero attached hydrogens (tertiary/aromatic N) is 5. The van der Waals surface area contributed by atoms with Crippen molar-refractivity contribution in [3.05, 3.63) is 253 Å². The van der Waals surface area contributed by atoms with Crippen molar-refractivity contribution in [2.75, 3.05) is 0 Å². The van der Waals surface area contributed by atoms with E-state index in [4.69, 9.17) is 0 Å². The number of hydrogen-bond donors (Lipinski definition) is 0. The maximum absolute atomic E-state index is 13.2. The molecule has 0 amide bonds. The zero-order valence-electron chi connectivity index (χ0n) is 47.7. The highest BCUT2D eigenvalue weighted by Gasteiger charge is 2.36. The van der Waals surface area contributed by atoms with Crippen molar-refractivity contribution in [2.24, 2.45) is 0 Å². The summed E-state index contributed by atoms with van der Waals surface area (Å²) in [5.41, 5.74) is 17.0. The fourth-order valence-corrected chi connectivity index (χ4v) is 16.9. The molecule has 18 rings (SSSR count). The Balaban J connectivity index is 1.19. The second-order valence-corrected chi connectivity index (χ2v) is 26.0. The number of aromatic nitrogens is 4. The Morgan fingerprint density at radius 2 is 0.593 bits per heavy atom. The molecule has 6 aromatic heterocycles. The highest BCUT2D eigenvalue weighted by molar-refractivity contribution is 7.26. The number of benzene rings is 12. The number of fused-ring (bicyclic) bond motifs is 18. The maximum atomic E-state index is 13.2. The second-order valence-electron chi connectivity index (χ2n) is 23.8. The summed E-state index contributed by atoms with van der Waals surface area (Å²) in [6.45, 7) is 9.29. The lowest BCUT2D eigenvalue weighted by atomic mass is 9.87. The fraction of sp³-hybridized carbons (Fsp3) is 0.0759. The molecule has 86 heavy (non-hydrogen) atoms. The maximum Gasteiger partial charge on any atom is 0.104 e. The Labute approximate surface area is 503 Å². The van der Waals surface area contributed by atoms with E-state index in [2.05, 4.69) is 289 Å². The van der Waals surface area contributed by atoms with Gasteiger partial charge in [-0.1, -0.05) is 191 Å². The van der Waals surface area contributed by atoms with E-state index in [9.17, 15) is 5.26 Å². The molecule has 0 radical (unpaired) electrons. The molecule has 0 atom stereocenters. The molecule has 0 saturated heterocycles. The Morgan fingerprint density at radius 3 is 0.930 bits per heavy atom. The molecule has 12 aromatic carbocycles. The van der Waals surface area contributed by atoms with E-state index in [-0.39, 0.29) is 11.8 Å². The van der Waals surface area contributed by atoms with E-state index in [0.717, 1.165) is 121 Å². The van der Waals surface area contributed by atoms with E-state index in [1.54, 1.807) is 0 Å². The van der Waals surface area contributed by atoms with Gasteiger partial charge in [0.25, 0.3) is 0 Å². The van der Waals surface area contributed by atoms with Crippen LogP contribution < -0.4 is 0 Å². The van der Waals surface area contributed by atoms with Crippen LogP contribution in [-0.4, -0.2) is 18.3 Å². The van der Waals surface area contributed by atoms with Crippen molar-refractivity contribution in [1.29, 1.82) is 5.26 Å². The van der Waals surface area contributed by atoms with Crippen LogP contribution in [-0.2, 0) is 0 Å². The standard InChI is InChI=1S/C79H53N5S2/c1-45(2)47-37-48(46(3)4)39-49(38-47)75-78(83-67-33-17-9-25-54(67)58-40-60-56-27-11-19-35-71(56)85-73(60)42-69(58)83)76(81-63-29-13-5-21-50(63)51-22-6-14-30-64(51)81)62(44-80)77(82-65-31-15-7-23-52(65)53-24-8-16-32-66(53)82)79(75)84-68-34-18-10-26-55(68)59-41-61-57-28-12-20-36-72(57)86-74(61)43-70(59)84/h5-43,45-46H,1-4H3. The SMILES string of the molecule is CC(C)c1cc(-c2c(-n3c4ccccc4c4cc5c(cc43)sc3ccccc35)c(-n3c4ccccc4c4ccccc43)c(C#N)c(-n3c4ccccc4c4ccccc43)c2-n2c3ccccc3c3cc4c(cc32)sc2ccccc24)cc(C(C)C)c1. The molecule has 5 nitrogen and oxygen atoms in total. The summed E-state index contributed by atoms with van der Waals surface area (Å²) >= 11 is 3.69. The van der Waals surface area contributed by atoms with Gasteiger partial charge in [0, 0.05) is 89.0 Å². The Hall–Kier alpha value is -10.2. The summed E-state index contributed by atoms with van der Waals surface area (Å²) in [5.74, 6) is 0.408. The van der Waals surface area contributed by atoms with Crippen LogP contribution >= 0.6 is 22.7 Å². The van der Waals surface area contributed by atoms with Crippen LogP contribution in [0.1, 0.15) is 56.2 Å². The molecule has 0 bridgehead atoms. The average Bonchev–Trinajstić information content (AvgIpc) is 1.52. The number of nitriles is 1. The molecular weight excluding hydrogens is 1080 g/mol. The number of rotatable bonds is 7. The summed E-state index contributed by atoms with van der Waals surface area (Å²) in [6, 6.07) is 91.1. The zero-order valence-corrected chi connectivity index (χ0v) is 49.4. The highest BCUT2D eigenvalue weighted by Crippen LogP contribution is 2.54. The van der Waals surface area contributed by atoms with Gasteiger partial charge in [-0.25, -0.2) is 0 Å². The smallest absolute Gasteiger partial charge is 0.104 e. The largest absolute Gasteiger partial charge is 0.306 e. The first-order valence-corrected chi connectivity index (χ1v) is 31.4. The molecule has 0 spiro atoms. The Kier molecular flexibility index (Phi) is 10.5. The fourth-order valence-electron chi connectivity index (χ4n) is 14.6. The summed E-state index contributed by atoms with van der Waals surface area (Å²) in [5, 5.41) is 27.3. The van der Waals surface area contributed by atoms with Crippen molar-refractivity contribution in [1.82, 2.24) is 18.3 Å². The molecule has 0 N–H and O–H groups in total. The van der Waals surface area contributed by atoms with E-state index in [1.165, 1.54) is 51.5 Å². The lowest BCUT2D eigenvalue weighted by Crippen LogP contribution is -2.16. The number of thiophene rings is 2. The van der Waals surface area contributed by atoms with Gasteiger partial charge in [0.05, 0.1) is 66.9 Å². The Morgan fingerprint density at radius 1 is 0.291 bits per heavy atom. The predicted molar refractivity (Wildman–Crippen MR) is 368 cm³/mol. The molecule has 7 heteroatoms. The first-order chi connectivity index (χ1) is 42.3. The zero-order chi connectivity index (χ0) is 57.2. The van der Waals surface area contributed by atoms with Crippen LogP contribution in [0.2, 0.25) is 0 Å². The van der Waals surface area contributed by atoms with Gasteiger partial charge in [0.2, 0.25) is 0 Å². The van der Waals surface area contributed by atoms with E-state index in [0.29, 0.717) is 5.56 Å². The van der Waals surface area contributed by atoms with Crippen molar-refractivity contribution in [3.63, 3.8) is 0 Å². The molecular formula is C79H53N5S2. The van der Waals surface area contributed by atoms with E-state index >= 15 is 0 Å². The van der Waals surface area contributed by atoms with Gasteiger partial charge in [-0.05, 0) is 101 Å². The quantitative estimate of drug-likeness (QED) is 0.157. The third kappa shape index (κ3) is 6.80. The van der Waals surface area contributed by atoms with Gasteiger partial charge in [-0.15, -0.1) is 22.7 Å². The second kappa shape index (κ2) is 18.4. The molecule has 6 heterocycles. The number of hydrogen-bond acceptors (Lipinski definition) is 3. The summed E-state index contributed by atoms with van der Waals surface area (Å²) in [6.07, 6.45) is 0. The monoisotopic (exact) mass is 1140 g/mol. The minimum absolute atomic E-state index is 0.204. The summed E-state index contributed by atoms with van der Waals surface area (Å²) < 4.78 is 15.0. The minimum atomic E-state index is 0.204. The lowest BCUT2D eigenvalue weighted by Gasteiger charge is -2.30. The summed E-state index contributed by atoms with van der Waals surface area (Å²) in [4.78, 5) is 0. The van der Waals surface area contributed by atoms with Gasteiger partial charge in [-0.2, -0.15) is 5.26 Å². The van der Waals surface area contributed by atoms with Crippen LogP contribution in [0.3, 0.4) is 0 Å². The Bertz CT molecular complexity index is 5540. The lowest BCUT2D eigenvalue weighted by molar-refractivity contribution is 0.834. The van der Waals surface area contributed by atoms with Crippen molar-refractivity contribution in [3.8, 4) is 39.9 Å². The molecule has 0 aliphatic carbocycles. The molecule has 0 saturated carbocycles. The van der Waals surface area contributed by atoms with E-state index in [1.807, 2.05) is 22.7 Å². The van der Waals surface area contributed by atoms with Crippen molar-refractivity contribution in [2.45, 2.75) is 39.5 Å². The van der Waals surface area contributed by atoms with Crippen LogP contribution in [0.15, 0.2) is 237 Å². The highest BCUT2D eigenvalue weighted by atomic mass is 32.1. The molecule has 18 aromatic rings. The average molecular weight is 1140 g/mol. The predicted octanol–water partition coefficient (Wildman–Crippen LogP) is 22.6. The summed E-state index contributed by atoms with van der Waals surface area (Å²) in [7, 11) is 0. The van der Waals surface area contributed by atoms with Crippen LogP contribution in [0.4, 0.5) is 0 Å². The molecule has 0 fully saturated rings. The van der Waals surface area contributed by atoms with Gasteiger partial charge in [-0.3, -0.25) is 0 Å². The molecule has 0 aliphatic heterocycles. The van der Waals surface area contributed by atoms with Crippen molar-refractivity contribution >= 4 is 150 Å². The van der Waals surface area contributed by atoms with Gasteiger partial charge in [0.15, 0.2) is 0 Å². The molecule has 0 unspecified atom stereocenters. The van der Waals surface area contributed by atoms with Crippen LogP contribution in [0.5, 0.6) is 0 Å². The van der Waals surface area contributed by atoms with Gasteiger partial charge >= 0.3 is 0 Å². The van der Waals surface area contributed by atoms with Crippen molar-refractivity contribution < 1.29 is 0 Å². The molecule has 406 valence electrons. The third-order valence-corrected chi connectivity index (χ3v) is 20.8. The third-order valence-electron chi connectivity index (χ3n) is 18.5. The first-order valence-electron chi connectivity index (χ1n) is 29.8. The van der Waals surface area contributed by atoms with Crippen LogP contribution in [0, 0.1) is 11.3 Å².